The predicted molar refractivity (Wildman–Crippen MR) is 89.1 cm³/mol. The largest absolute Gasteiger partial charge is 0.481 e. The summed E-state index contributed by atoms with van der Waals surface area (Å²) in [5.74, 6) is -1.16. The molecule has 2 nitrogen and oxygen atoms in total. The zero-order valence-corrected chi connectivity index (χ0v) is 13.4. The average molecular weight is 294 g/mol. The molecule has 3 rings (SSSR count). The van der Waals surface area contributed by atoms with Gasteiger partial charge in [0.15, 0.2) is 0 Å². The molecule has 22 heavy (non-hydrogen) atoms. The van der Waals surface area contributed by atoms with Crippen LogP contribution in [0, 0.1) is 5.41 Å². The van der Waals surface area contributed by atoms with Crippen LogP contribution in [0.3, 0.4) is 0 Å². The normalized spacial score (nSPS) is 14.3. The first kappa shape index (κ1) is 14.8. The summed E-state index contributed by atoms with van der Waals surface area (Å²) >= 11 is 0. The van der Waals surface area contributed by atoms with Gasteiger partial charge in [-0.25, -0.2) is 0 Å². The highest BCUT2D eigenvalue weighted by molar-refractivity contribution is 5.82. The Bertz CT molecular complexity index is 723. The third-order valence-corrected chi connectivity index (χ3v) is 4.38. The topological polar surface area (TPSA) is 37.3 Å². The standard InChI is InChI=1S/C20H22O2/c1-20(2,3)12-18(19(21)22)16-10-6-9-15-14-8-5-4-7-13(14)11-17(15)16/h4-10,18H,11-12H2,1-3H3,(H,21,22). The summed E-state index contributed by atoms with van der Waals surface area (Å²) in [5.41, 5.74) is 5.91. The molecule has 1 N–H and O–H groups in total. The first-order valence-electron chi connectivity index (χ1n) is 7.80. The molecule has 0 aromatic heterocycles. The molecular weight excluding hydrogens is 272 g/mol. The van der Waals surface area contributed by atoms with E-state index in [9.17, 15) is 9.90 Å². The summed E-state index contributed by atoms with van der Waals surface area (Å²) in [6.07, 6.45) is 1.49. The van der Waals surface area contributed by atoms with E-state index in [0.29, 0.717) is 6.42 Å². The summed E-state index contributed by atoms with van der Waals surface area (Å²) in [6, 6.07) is 14.5. The van der Waals surface area contributed by atoms with E-state index >= 15 is 0 Å². The van der Waals surface area contributed by atoms with Gasteiger partial charge < -0.3 is 5.11 Å². The van der Waals surface area contributed by atoms with Crippen molar-refractivity contribution in [2.24, 2.45) is 5.41 Å². The van der Waals surface area contributed by atoms with Gasteiger partial charge in [-0.2, -0.15) is 0 Å². The lowest BCUT2D eigenvalue weighted by Crippen LogP contribution is -2.20. The van der Waals surface area contributed by atoms with Crippen molar-refractivity contribution in [3.8, 4) is 11.1 Å². The van der Waals surface area contributed by atoms with Crippen molar-refractivity contribution in [3.05, 3.63) is 59.2 Å². The van der Waals surface area contributed by atoms with Gasteiger partial charge in [-0.1, -0.05) is 63.2 Å². The van der Waals surface area contributed by atoms with Crippen molar-refractivity contribution in [1.82, 2.24) is 0 Å². The van der Waals surface area contributed by atoms with E-state index in [-0.39, 0.29) is 5.41 Å². The van der Waals surface area contributed by atoms with Gasteiger partial charge in [0, 0.05) is 0 Å². The van der Waals surface area contributed by atoms with Gasteiger partial charge in [0.2, 0.25) is 0 Å². The van der Waals surface area contributed by atoms with Crippen LogP contribution in [0.15, 0.2) is 42.5 Å². The van der Waals surface area contributed by atoms with Crippen LogP contribution in [0.5, 0.6) is 0 Å². The number of carboxylic acid groups (broad SMARTS) is 1. The summed E-state index contributed by atoms with van der Waals surface area (Å²) in [6.45, 7) is 6.29. The van der Waals surface area contributed by atoms with E-state index in [1.165, 1.54) is 22.3 Å². The van der Waals surface area contributed by atoms with Crippen molar-refractivity contribution >= 4 is 5.97 Å². The summed E-state index contributed by atoms with van der Waals surface area (Å²) in [4.78, 5) is 11.9. The molecule has 2 aromatic rings. The molecule has 114 valence electrons. The minimum absolute atomic E-state index is 0.0166. The quantitative estimate of drug-likeness (QED) is 0.749. The Morgan fingerprint density at radius 1 is 1.09 bits per heavy atom. The molecule has 0 saturated carbocycles. The van der Waals surface area contributed by atoms with Crippen LogP contribution in [-0.2, 0) is 11.2 Å². The molecule has 0 fully saturated rings. The lowest BCUT2D eigenvalue weighted by Gasteiger charge is -2.25. The molecule has 0 amide bonds. The lowest BCUT2D eigenvalue weighted by atomic mass is 9.79. The van der Waals surface area contributed by atoms with E-state index < -0.39 is 11.9 Å². The average Bonchev–Trinajstić information content (AvgIpc) is 2.82. The maximum absolute atomic E-state index is 11.9. The van der Waals surface area contributed by atoms with Gasteiger partial charge in [-0.3, -0.25) is 4.79 Å². The van der Waals surface area contributed by atoms with Crippen molar-refractivity contribution in [2.75, 3.05) is 0 Å². The van der Waals surface area contributed by atoms with Crippen LogP contribution < -0.4 is 0 Å². The third-order valence-electron chi connectivity index (χ3n) is 4.38. The Hall–Kier alpha value is -2.09. The number of carboxylic acids is 1. The zero-order chi connectivity index (χ0) is 15.9. The van der Waals surface area contributed by atoms with E-state index in [1.807, 2.05) is 24.3 Å². The summed E-state index contributed by atoms with van der Waals surface area (Å²) in [7, 11) is 0. The Balaban J connectivity index is 2.08. The number of aliphatic carboxylic acids is 1. The molecule has 0 saturated heterocycles. The highest BCUT2D eigenvalue weighted by Gasteiger charge is 2.30. The third kappa shape index (κ3) is 2.66. The molecular formula is C20H22O2. The number of fused-ring (bicyclic) bond motifs is 3. The molecule has 0 radical (unpaired) electrons. The minimum Gasteiger partial charge on any atom is -0.481 e. The summed E-state index contributed by atoms with van der Waals surface area (Å²) in [5, 5.41) is 9.74. The maximum Gasteiger partial charge on any atom is 0.311 e. The Morgan fingerprint density at radius 2 is 1.77 bits per heavy atom. The predicted octanol–water partition coefficient (Wildman–Crippen LogP) is 4.86. The second-order valence-corrected chi connectivity index (χ2v) is 7.36. The fourth-order valence-electron chi connectivity index (χ4n) is 3.45. The molecule has 0 aliphatic heterocycles. The molecule has 1 unspecified atom stereocenters. The van der Waals surface area contributed by atoms with Gasteiger partial charge in [0.05, 0.1) is 5.92 Å². The SMILES string of the molecule is CC(C)(C)CC(C(=O)O)c1cccc2c1Cc1ccccc1-2. The van der Waals surface area contributed by atoms with E-state index in [0.717, 1.165) is 12.0 Å². The number of hydrogen-bond donors (Lipinski definition) is 1. The van der Waals surface area contributed by atoms with Crippen molar-refractivity contribution < 1.29 is 9.90 Å². The van der Waals surface area contributed by atoms with Crippen LogP contribution in [0.25, 0.3) is 11.1 Å². The monoisotopic (exact) mass is 294 g/mol. The zero-order valence-electron chi connectivity index (χ0n) is 13.4. The Labute approximate surface area is 131 Å². The number of hydrogen-bond acceptors (Lipinski definition) is 1. The van der Waals surface area contributed by atoms with E-state index in [1.54, 1.807) is 0 Å². The highest BCUT2D eigenvalue weighted by atomic mass is 16.4. The molecule has 2 aromatic carbocycles. The second-order valence-electron chi connectivity index (χ2n) is 7.36. The molecule has 0 bridgehead atoms. The van der Waals surface area contributed by atoms with Crippen LogP contribution in [0.4, 0.5) is 0 Å². The van der Waals surface area contributed by atoms with Crippen LogP contribution >= 0.6 is 0 Å². The molecule has 1 atom stereocenters. The fraction of sp³-hybridized carbons (Fsp3) is 0.350. The molecule has 1 aliphatic carbocycles. The van der Waals surface area contributed by atoms with Gasteiger partial charge in [0.1, 0.15) is 0 Å². The fourth-order valence-corrected chi connectivity index (χ4v) is 3.45. The molecule has 1 aliphatic rings. The Kier molecular flexibility index (Phi) is 3.56. The molecule has 0 heterocycles. The van der Waals surface area contributed by atoms with Gasteiger partial charge in [0.25, 0.3) is 0 Å². The number of carbonyl (C=O) groups is 1. The highest BCUT2D eigenvalue weighted by Crippen LogP contribution is 2.42. The van der Waals surface area contributed by atoms with Crippen LogP contribution in [0.2, 0.25) is 0 Å². The van der Waals surface area contributed by atoms with Gasteiger partial charge in [-0.05, 0) is 46.1 Å². The van der Waals surface area contributed by atoms with E-state index in [2.05, 4.69) is 39.0 Å². The van der Waals surface area contributed by atoms with Gasteiger partial charge in [-0.15, -0.1) is 0 Å². The summed E-state index contributed by atoms with van der Waals surface area (Å²) < 4.78 is 0. The Morgan fingerprint density at radius 3 is 2.45 bits per heavy atom. The molecule has 0 spiro atoms. The maximum atomic E-state index is 11.9. The minimum atomic E-state index is -0.723. The van der Waals surface area contributed by atoms with E-state index in [4.69, 9.17) is 0 Å². The van der Waals surface area contributed by atoms with Crippen molar-refractivity contribution in [3.63, 3.8) is 0 Å². The van der Waals surface area contributed by atoms with Gasteiger partial charge >= 0.3 is 5.97 Å². The van der Waals surface area contributed by atoms with Crippen LogP contribution in [0.1, 0.15) is 49.8 Å². The second kappa shape index (κ2) is 5.28. The lowest BCUT2D eigenvalue weighted by molar-refractivity contribution is -0.139. The number of rotatable bonds is 3. The van der Waals surface area contributed by atoms with Crippen LogP contribution in [-0.4, -0.2) is 11.1 Å². The first-order valence-corrected chi connectivity index (χ1v) is 7.80. The molecule has 2 heteroatoms. The first-order chi connectivity index (χ1) is 10.4. The van der Waals surface area contributed by atoms with Crippen molar-refractivity contribution in [2.45, 2.75) is 39.5 Å². The smallest absolute Gasteiger partial charge is 0.311 e. The number of benzene rings is 2. The van der Waals surface area contributed by atoms with Crippen molar-refractivity contribution in [1.29, 1.82) is 0 Å².